The molecule has 0 radical (unpaired) electrons. The van der Waals surface area contributed by atoms with Crippen LogP contribution in [0.2, 0.25) is 0 Å². The summed E-state index contributed by atoms with van der Waals surface area (Å²) >= 11 is 0. The second-order valence-corrected chi connectivity index (χ2v) is 7.59. The van der Waals surface area contributed by atoms with Gasteiger partial charge in [0.1, 0.15) is 5.25 Å². The van der Waals surface area contributed by atoms with Crippen LogP contribution in [-0.2, 0) is 24.2 Å². The number of sulfone groups is 1. The van der Waals surface area contributed by atoms with Crippen LogP contribution in [0.1, 0.15) is 38.5 Å². The van der Waals surface area contributed by atoms with Gasteiger partial charge in [-0.05, 0) is 31.1 Å². The SMILES string of the molecule is COC(=O)CC1(CS(=O)(=O)C2CCCC2=O)CC1. The maximum atomic E-state index is 12.2. The average Bonchev–Trinajstić information content (AvgIpc) is 2.86. The number of ketones is 1. The van der Waals surface area contributed by atoms with Crippen LogP contribution in [0.15, 0.2) is 0 Å². The van der Waals surface area contributed by atoms with Crippen LogP contribution in [0.3, 0.4) is 0 Å². The standard InChI is InChI=1S/C12H18O5S/c1-17-11(14)7-12(5-6-12)8-18(15,16)10-4-2-3-9(10)13/h10H,2-8H2,1H3. The third-order valence-electron chi connectivity index (χ3n) is 3.89. The van der Waals surface area contributed by atoms with Crippen LogP contribution in [0.4, 0.5) is 0 Å². The number of hydrogen-bond acceptors (Lipinski definition) is 5. The number of carbonyl (C=O) groups excluding carboxylic acids is 2. The van der Waals surface area contributed by atoms with Gasteiger partial charge in [0.25, 0.3) is 0 Å². The fourth-order valence-corrected chi connectivity index (χ4v) is 5.11. The monoisotopic (exact) mass is 274 g/mol. The van der Waals surface area contributed by atoms with E-state index in [4.69, 9.17) is 0 Å². The second-order valence-electron chi connectivity index (χ2n) is 5.41. The first-order valence-electron chi connectivity index (χ1n) is 6.20. The summed E-state index contributed by atoms with van der Waals surface area (Å²) in [6.07, 6.45) is 3.06. The lowest BCUT2D eigenvalue weighted by Gasteiger charge is -2.16. The fraction of sp³-hybridized carbons (Fsp3) is 0.833. The molecule has 0 aliphatic heterocycles. The molecule has 0 aromatic rings. The van der Waals surface area contributed by atoms with Gasteiger partial charge in [-0.3, -0.25) is 9.59 Å². The highest BCUT2D eigenvalue weighted by Crippen LogP contribution is 2.50. The predicted molar refractivity (Wildman–Crippen MR) is 64.7 cm³/mol. The lowest BCUT2D eigenvalue weighted by atomic mass is 10.1. The quantitative estimate of drug-likeness (QED) is 0.695. The lowest BCUT2D eigenvalue weighted by molar-refractivity contribution is -0.141. The maximum Gasteiger partial charge on any atom is 0.306 e. The van der Waals surface area contributed by atoms with Crippen molar-refractivity contribution in [3.8, 4) is 0 Å². The minimum Gasteiger partial charge on any atom is -0.469 e. The molecule has 2 aliphatic rings. The van der Waals surface area contributed by atoms with Crippen molar-refractivity contribution < 1.29 is 22.7 Å². The summed E-state index contributed by atoms with van der Waals surface area (Å²) in [4.78, 5) is 22.8. The highest BCUT2D eigenvalue weighted by atomic mass is 32.2. The highest BCUT2D eigenvalue weighted by molar-refractivity contribution is 7.92. The van der Waals surface area contributed by atoms with Crippen molar-refractivity contribution in [3.05, 3.63) is 0 Å². The normalized spacial score (nSPS) is 26.1. The molecule has 0 aromatic heterocycles. The smallest absolute Gasteiger partial charge is 0.306 e. The lowest BCUT2D eigenvalue weighted by Crippen LogP contribution is -2.32. The molecule has 1 atom stereocenters. The van der Waals surface area contributed by atoms with E-state index in [1.54, 1.807) is 0 Å². The highest BCUT2D eigenvalue weighted by Gasteiger charge is 2.50. The van der Waals surface area contributed by atoms with Gasteiger partial charge in [0.15, 0.2) is 15.6 Å². The zero-order chi connectivity index (χ0) is 13.4. The second kappa shape index (κ2) is 4.64. The Morgan fingerprint density at radius 3 is 2.56 bits per heavy atom. The van der Waals surface area contributed by atoms with Gasteiger partial charge < -0.3 is 4.74 Å². The van der Waals surface area contributed by atoms with E-state index in [-0.39, 0.29) is 23.9 Å². The summed E-state index contributed by atoms with van der Waals surface area (Å²) < 4.78 is 29.0. The van der Waals surface area contributed by atoms with Crippen LogP contribution in [-0.4, -0.2) is 38.3 Å². The minimum atomic E-state index is -3.42. The molecule has 0 N–H and O–H groups in total. The summed E-state index contributed by atoms with van der Waals surface area (Å²) in [6, 6.07) is 0. The molecule has 0 amide bonds. The van der Waals surface area contributed by atoms with Crippen molar-refractivity contribution in [1.82, 2.24) is 0 Å². The van der Waals surface area contributed by atoms with Crippen molar-refractivity contribution in [3.63, 3.8) is 0 Å². The Labute approximate surface area is 107 Å². The first kappa shape index (κ1) is 13.5. The van der Waals surface area contributed by atoms with Gasteiger partial charge in [-0.1, -0.05) is 0 Å². The predicted octanol–water partition coefficient (Wildman–Crippen LogP) is 0.866. The average molecular weight is 274 g/mol. The van der Waals surface area contributed by atoms with E-state index in [0.717, 1.165) is 12.8 Å². The Kier molecular flexibility index (Phi) is 3.49. The fourth-order valence-electron chi connectivity index (χ4n) is 2.62. The first-order chi connectivity index (χ1) is 8.38. The Bertz CT molecular complexity index is 461. The Hall–Kier alpha value is -0.910. The molecule has 0 saturated heterocycles. The van der Waals surface area contributed by atoms with Gasteiger partial charge in [-0.15, -0.1) is 0 Å². The topological polar surface area (TPSA) is 77.5 Å². The number of methoxy groups -OCH3 is 1. The van der Waals surface area contributed by atoms with Crippen LogP contribution in [0, 0.1) is 5.41 Å². The van der Waals surface area contributed by atoms with Crippen LogP contribution >= 0.6 is 0 Å². The molecular weight excluding hydrogens is 256 g/mol. The number of esters is 1. The van der Waals surface area contributed by atoms with Crippen molar-refractivity contribution >= 4 is 21.6 Å². The minimum absolute atomic E-state index is 0.0501. The molecule has 1 unspecified atom stereocenters. The van der Waals surface area contributed by atoms with E-state index in [1.165, 1.54) is 7.11 Å². The van der Waals surface area contributed by atoms with Gasteiger partial charge in [-0.2, -0.15) is 0 Å². The maximum absolute atomic E-state index is 12.2. The molecule has 0 bridgehead atoms. The third kappa shape index (κ3) is 2.74. The van der Waals surface area contributed by atoms with E-state index in [0.29, 0.717) is 19.3 Å². The van der Waals surface area contributed by atoms with Crippen molar-refractivity contribution in [2.75, 3.05) is 12.9 Å². The summed E-state index contributed by atoms with van der Waals surface area (Å²) in [5.74, 6) is -0.588. The van der Waals surface area contributed by atoms with Gasteiger partial charge in [0, 0.05) is 6.42 Å². The summed E-state index contributed by atoms with van der Waals surface area (Å²) in [7, 11) is -2.12. The van der Waals surface area contributed by atoms with Gasteiger partial charge in [-0.25, -0.2) is 8.42 Å². The summed E-state index contributed by atoms with van der Waals surface area (Å²) in [6.45, 7) is 0. The first-order valence-corrected chi connectivity index (χ1v) is 7.91. The largest absolute Gasteiger partial charge is 0.469 e. The van der Waals surface area contributed by atoms with Gasteiger partial charge >= 0.3 is 5.97 Å². The molecule has 0 aromatic carbocycles. The van der Waals surface area contributed by atoms with E-state index in [2.05, 4.69) is 4.74 Å². The number of carbonyl (C=O) groups is 2. The van der Waals surface area contributed by atoms with Crippen molar-refractivity contribution in [2.24, 2.45) is 5.41 Å². The molecule has 6 heteroatoms. The molecule has 2 fully saturated rings. The number of ether oxygens (including phenoxy) is 1. The number of Topliss-reactive ketones (excluding diaryl/α,β-unsaturated/α-hetero) is 1. The van der Waals surface area contributed by atoms with Crippen LogP contribution < -0.4 is 0 Å². The van der Waals surface area contributed by atoms with E-state index < -0.39 is 20.5 Å². The van der Waals surface area contributed by atoms with Crippen molar-refractivity contribution in [2.45, 2.75) is 43.8 Å². The number of rotatable bonds is 5. The van der Waals surface area contributed by atoms with Crippen molar-refractivity contribution in [1.29, 1.82) is 0 Å². The molecule has 5 nitrogen and oxygen atoms in total. The van der Waals surface area contributed by atoms with Crippen LogP contribution in [0.25, 0.3) is 0 Å². The van der Waals surface area contributed by atoms with Crippen LogP contribution in [0.5, 0.6) is 0 Å². The van der Waals surface area contributed by atoms with E-state index >= 15 is 0 Å². The Morgan fingerprint density at radius 2 is 2.11 bits per heavy atom. The molecular formula is C12H18O5S. The Balaban J connectivity index is 2.04. The van der Waals surface area contributed by atoms with Gasteiger partial charge in [0.05, 0.1) is 19.3 Å². The number of hydrogen-bond donors (Lipinski definition) is 0. The molecule has 2 rings (SSSR count). The Morgan fingerprint density at radius 1 is 1.44 bits per heavy atom. The van der Waals surface area contributed by atoms with Gasteiger partial charge in [0.2, 0.25) is 0 Å². The molecule has 102 valence electrons. The molecule has 2 aliphatic carbocycles. The summed E-state index contributed by atoms with van der Waals surface area (Å²) in [5.41, 5.74) is -0.463. The molecule has 2 saturated carbocycles. The molecule has 18 heavy (non-hydrogen) atoms. The third-order valence-corrected chi connectivity index (χ3v) is 6.27. The van der Waals surface area contributed by atoms with E-state index in [9.17, 15) is 18.0 Å². The van der Waals surface area contributed by atoms with E-state index in [1.807, 2.05) is 0 Å². The zero-order valence-corrected chi connectivity index (χ0v) is 11.3. The molecule has 0 spiro atoms. The zero-order valence-electron chi connectivity index (χ0n) is 10.5. The summed E-state index contributed by atoms with van der Waals surface area (Å²) in [5, 5.41) is -0.826. The molecule has 0 heterocycles.